The van der Waals surface area contributed by atoms with Gasteiger partial charge in [0.05, 0.1) is 7.11 Å². The SMILES string of the molecule is COc1ccc2c(c1C)CCC1C2CCC2(C)C(C)CCC12. The summed E-state index contributed by atoms with van der Waals surface area (Å²) in [6, 6.07) is 4.60. The van der Waals surface area contributed by atoms with Gasteiger partial charge in [0.1, 0.15) is 5.75 Å². The number of methoxy groups -OCH3 is 1. The lowest BCUT2D eigenvalue weighted by Gasteiger charge is -2.51. The fourth-order valence-corrected chi connectivity index (χ4v) is 6.31. The van der Waals surface area contributed by atoms with Gasteiger partial charge in [-0.15, -0.1) is 0 Å². The maximum absolute atomic E-state index is 5.55. The van der Waals surface area contributed by atoms with Crippen LogP contribution in [-0.2, 0) is 6.42 Å². The summed E-state index contributed by atoms with van der Waals surface area (Å²) in [6.45, 7) is 7.36. The van der Waals surface area contributed by atoms with E-state index in [0.717, 1.165) is 29.4 Å². The Hall–Kier alpha value is -0.980. The van der Waals surface area contributed by atoms with E-state index in [9.17, 15) is 0 Å². The van der Waals surface area contributed by atoms with Crippen LogP contribution in [0.1, 0.15) is 68.6 Å². The Morgan fingerprint density at radius 1 is 1.14 bits per heavy atom. The first-order chi connectivity index (χ1) is 10.6. The van der Waals surface area contributed by atoms with Crippen LogP contribution in [-0.4, -0.2) is 7.11 Å². The molecule has 5 unspecified atom stereocenters. The van der Waals surface area contributed by atoms with Crippen molar-refractivity contribution in [3.63, 3.8) is 0 Å². The molecule has 5 atom stereocenters. The van der Waals surface area contributed by atoms with Crippen molar-refractivity contribution in [3.05, 3.63) is 28.8 Å². The Labute approximate surface area is 135 Å². The largest absolute Gasteiger partial charge is 0.496 e. The summed E-state index contributed by atoms with van der Waals surface area (Å²) in [5.74, 6) is 4.72. The quantitative estimate of drug-likeness (QED) is 0.665. The summed E-state index contributed by atoms with van der Waals surface area (Å²) in [5, 5.41) is 0. The Morgan fingerprint density at radius 2 is 1.95 bits per heavy atom. The van der Waals surface area contributed by atoms with Gasteiger partial charge in [-0.1, -0.05) is 19.9 Å². The highest BCUT2D eigenvalue weighted by Crippen LogP contribution is 2.63. The number of rotatable bonds is 1. The molecule has 3 aliphatic carbocycles. The van der Waals surface area contributed by atoms with Crippen LogP contribution in [0.3, 0.4) is 0 Å². The van der Waals surface area contributed by atoms with Crippen molar-refractivity contribution in [2.24, 2.45) is 23.2 Å². The van der Waals surface area contributed by atoms with Crippen LogP contribution in [0, 0.1) is 30.1 Å². The highest BCUT2D eigenvalue weighted by molar-refractivity contribution is 5.47. The monoisotopic (exact) mass is 298 g/mol. The summed E-state index contributed by atoms with van der Waals surface area (Å²) in [4.78, 5) is 0. The topological polar surface area (TPSA) is 9.23 Å². The van der Waals surface area contributed by atoms with Gasteiger partial charge in [-0.2, -0.15) is 0 Å². The van der Waals surface area contributed by atoms with Gasteiger partial charge in [-0.25, -0.2) is 0 Å². The average molecular weight is 298 g/mol. The standard InChI is InChI=1S/C21H30O/c1-13-5-9-19-18-7-6-15-14(2)20(22-4)10-8-16(15)17(18)11-12-21(13,19)3/h8,10,13,17-19H,5-7,9,11-12H2,1-4H3. The van der Waals surface area contributed by atoms with Crippen LogP contribution >= 0.6 is 0 Å². The Morgan fingerprint density at radius 3 is 2.73 bits per heavy atom. The molecule has 2 fully saturated rings. The lowest BCUT2D eigenvalue weighted by atomic mass is 9.54. The lowest BCUT2D eigenvalue weighted by Crippen LogP contribution is -2.41. The fraction of sp³-hybridized carbons (Fsp3) is 0.714. The molecule has 0 N–H and O–H groups in total. The zero-order chi connectivity index (χ0) is 15.5. The molecule has 2 saturated carbocycles. The minimum absolute atomic E-state index is 0.625. The van der Waals surface area contributed by atoms with E-state index >= 15 is 0 Å². The van der Waals surface area contributed by atoms with Crippen LogP contribution in [0.2, 0.25) is 0 Å². The molecule has 0 aliphatic heterocycles. The second-order valence-corrected chi connectivity index (χ2v) is 8.40. The van der Waals surface area contributed by atoms with Gasteiger partial charge < -0.3 is 4.74 Å². The van der Waals surface area contributed by atoms with E-state index in [0.29, 0.717) is 5.41 Å². The van der Waals surface area contributed by atoms with Gasteiger partial charge in [-0.05, 0) is 97.3 Å². The first-order valence-electron chi connectivity index (χ1n) is 9.22. The van der Waals surface area contributed by atoms with Crippen molar-refractivity contribution >= 4 is 0 Å². The van der Waals surface area contributed by atoms with E-state index in [1.807, 2.05) is 0 Å². The van der Waals surface area contributed by atoms with Gasteiger partial charge in [0.25, 0.3) is 0 Å². The lowest BCUT2D eigenvalue weighted by molar-refractivity contribution is 0.0336. The maximum atomic E-state index is 5.55. The molecule has 1 aromatic carbocycles. The summed E-state index contributed by atoms with van der Waals surface area (Å²) in [7, 11) is 1.80. The summed E-state index contributed by atoms with van der Waals surface area (Å²) >= 11 is 0. The number of hydrogen-bond donors (Lipinski definition) is 0. The van der Waals surface area contributed by atoms with Crippen molar-refractivity contribution in [2.75, 3.05) is 7.11 Å². The molecule has 0 bridgehead atoms. The van der Waals surface area contributed by atoms with E-state index < -0.39 is 0 Å². The van der Waals surface area contributed by atoms with Crippen molar-refractivity contribution in [1.82, 2.24) is 0 Å². The molecular weight excluding hydrogens is 268 g/mol. The molecule has 22 heavy (non-hydrogen) atoms. The molecule has 4 rings (SSSR count). The van der Waals surface area contributed by atoms with Gasteiger partial charge in [0.15, 0.2) is 0 Å². The minimum atomic E-state index is 0.625. The second-order valence-electron chi connectivity index (χ2n) is 8.40. The van der Waals surface area contributed by atoms with E-state index in [1.54, 1.807) is 18.2 Å². The molecule has 120 valence electrons. The highest BCUT2D eigenvalue weighted by Gasteiger charge is 2.53. The van der Waals surface area contributed by atoms with Crippen LogP contribution in [0.15, 0.2) is 12.1 Å². The van der Waals surface area contributed by atoms with Crippen LogP contribution in [0.4, 0.5) is 0 Å². The summed E-state index contributed by atoms with van der Waals surface area (Å²) in [5.41, 5.74) is 5.29. The Balaban J connectivity index is 1.72. The smallest absolute Gasteiger partial charge is 0.122 e. The van der Waals surface area contributed by atoms with E-state index in [-0.39, 0.29) is 0 Å². The van der Waals surface area contributed by atoms with Crippen molar-refractivity contribution in [2.45, 2.75) is 65.2 Å². The Kier molecular flexibility index (Phi) is 3.33. The zero-order valence-corrected chi connectivity index (χ0v) is 14.6. The third-order valence-electron chi connectivity index (χ3n) is 7.84. The molecule has 0 spiro atoms. The van der Waals surface area contributed by atoms with Gasteiger partial charge >= 0.3 is 0 Å². The van der Waals surface area contributed by atoms with Crippen LogP contribution < -0.4 is 4.74 Å². The molecule has 0 amide bonds. The first kappa shape index (κ1) is 14.6. The Bertz CT molecular complexity index is 590. The normalized spacial score (nSPS) is 39.8. The average Bonchev–Trinajstić information content (AvgIpc) is 2.83. The molecule has 0 radical (unpaired) electrons. The number of ether oxygens (including phenoxy) is 1. The molecular formula is C21H30O. The predicted molar refractivity (Wildman–Crippen MR) is 91.5 cm³/mol. The van der Waals surface area contributed by atoms with Gasteiger partial charge in [0.2, 0.25) is 0 Å². The van der Waals surface area contributed by atoms with Gasteiger partial charge in [0, 0.05) is 0 Å². The van der Waals surface area contributed by atoms with E-state index in [2.05, 4.69) is 32.9 Å². The second kappa shape index (κ2) is 5.01. The molecule has 0 saturated heterocycles. The molecule has 3 aliphatic rings. The highest BCUT2D eigenvalue weighted by atomic mass is 16.5. The predicted octanol–water partition coefficient (Wildman–Crippen LogP) is 5.50. The third kappa shape index (κ3) is 1.83. The summed E-state index contributed by atoms with van der Waals surface area (Å²) in [6.07, 6.45) is 8.44. The first-order valence-corrected chi connectivity index (χ1v) is 9.22. The van der Waals surface area contributed by atoms with Crippen molar-refractivity contribution in [3.8, 4) is 5.75 Å². The van der Waals surface area contributed by atoms with Gasteiger partial charge in [-0.3, -0.25) is 0 Å². The number of benzene rings is 1. The molecule has 0 aromatic heterocycles. The fourth-order valence-electron chi connectivity index (χ4n) is 6.31. The maximum Gasteiger partial charge on any atom is 0.122 e. The van der Waals surface area contributed by atoms with Crippen LogP contribution in [0.5, 0.6) is 5.75 Å². The van der Waals surface area contributed by atoms with Crippen molar-refractivity contribution < 1.29 is 4.74 Å². The minimum Gasteiger partial charge on any atom is -0.496 e. The van der Waals surface area contributed by atoms with Crippen molar-refractivity contribution in [1.29, 1.82) is 0 Å². The number of fused-ring (bicyclic) bond motifs is 5. The molecule has 1 nitrogen and oxygen atoms in total. The van der Waals surface area contributed by atoms with E-state index in [4.69, 9.17) is 4.74 Å². The third-order valence-corrected chi connectivity index (χ3v) is 7.84. The number of hydrogen-bond acceptors (Lipinski definition) is 1. The summed E-state index contributed by atoms with van der Waals surface area (Å²) < 4.78 is 5.55. The van der Waals surface area contributed by atoms with E-state index in [1.165, 1.54) is 44.1 Å². The molecule has 0 heterocycles. The van der Waals surface area contributed by atoms with Crippen LogP contribution in [0.25, 0.3) is 0 Å². The molecule has 1 heteroatoms. The zero-order valence-electron chi connectivity index (χ0n) is 14.6. The molecule has 1 aromatic rings.